The Bertz CT molecular complexity index is 882. The molecule has 0 atom stereocenters. The predicted octanol–water partition coefficient (Wildman–Crippen LogP) is 2.43. The zero-order chi connectivity index (χ0) is 16.8. The number of hydrogen-bond donors (Lipinski definition) is 0. The van der Waals surface area contributed by atoms with Gasteiger partial charge in [-0.2, -0.15) is 0 Å². The zero-order valence-electron chi connectivity index (χ0n) is 13.1. The molecule has 0 unspecified atom stereocenters. The molecule has 1 aromatic carbocycles. The molecule has 0 amide bonds. The summed E-state index contributed by atoms with van der Waals surface area (Å²) in [6.45, 7) is 3.43. The average molecular weight is 335 g/mol. The normalized spacial score (nSPS) is 14.0. The quantitative estimate of drug-likeness (QED) is 0.805. The van der Waals surface area contributed by atoms with Crippen molar-refractivity contribution in [2.45, 2.75) is 25.2 Å². The molecule has 0 spiro atoms. The van der Waals surface area contributed by atoms with Crippen molar-refractivity contribution in [3.63, 3.8) is 0 Å². The Labute approximate surface area is 134 Å². The van der Waals surface area contributed by atoms with Gasteiger partial charge in [-0.15, -0.1) is 0 Å². The number of nitrogens with zero attached hydrogens (tertiary/aromatic N) is 1. The van der Waals surface area contributed by atoms with Gasteiger partial charge in [-0.3, -0.25) is 4.31 Å². The maximum Gasteiger partial charge on any atom is 0.342 e. The first kappa shape index (κ1) is 15.6. The molecule has 0 radical (unpaired) electrons. The number of para-hydroxylation sites is 1. The van der Waals surface area contributed by atoms with Crippen LogP contribution in [0.3, 0.4) is 0 Å². The maximum atomic E-state index is 13.1. The van der Waals surface area contributed by atoms with Gasteiger partial charge in [0.2, 0.25) is 0 Å². The molecule has 0 aliphatic carbocycles. The number of furan rings is 1. The predicted molar refractivity (Wildman–Crippen MR) is 84.2 cm³/mol. The Morgan fingerprint density at radius 1 is 1.22 bits per heavy atom. The molecule has 0 fully saturated rings. The number of methoxy groups -OCH3 is 1. The number of ether oxygens (including phenoxy) is 1. The molecule has 6 nitrogen and oxygen atoms in total. The van der Waals surface area contributed by atoms with Crippen LogP contribution in [0, 0.1) is 13.8 Å². The number of sulfonamides is 1. The van der Waals surface area contributed by atoms with Gasteiger partial charge in [-0.05, 0) is 31.9 Å². The molecule has 0 N–H and O–H groups in total. The van der Waals surface area contributed by atoms with Crippen LogP contribution < -0.4 is 4.31 Å². The van der Waals surface area contributed by atoms with Crippen molar-refractivity contribution in [3.8, 4) is 0 Å². The molecule has 2 aromatic rings. The lowest BCUT2D eigenvalue weighted by atomic mass is 10.2. The van der Waals surface area contributed by atoms with Gasteiger partial charge in [0.15, 0.2) is 0 Å². The van der Waals surface area contributed by atoms with Crippen molar-refractivity contribution >= 4 is 21.7 Å². The second kappa shape index (κ2) is 5.42. The lowest BCUT2D eigenvalue weighted by Gasteiger charge is -2.19. The molecule has 122 valence electrons. The van der Waals surface area contributed by atoms with Gasteiger partial charge in [0.05, 0.1) is 12.8 Å². The number of hydrogen-bond acceptors (Lipinski definition) is 5. The van der Waals surface area contributed by atoms with E-state index in [1.165, 1.54) is 18.3 Å². The zero-order valence-corrected chi connectivity index (χ0v) is 13.9. The van der Waals surface area contributed by atoms with E-state index in [2.05, 4.69) is 0 Å². The van der Waals surface area contributed by atoms with Gasteiger partial charge >= 0.3 is 5.97 Å². The Balaban J connectivity index is 2.18. The van der Waals surface area contributed by atoms with E-state index in [1.807, 2.05) is 12.1 Å². The topological polar surface area (TPSA) is 76.8 Å². The van der Waals surface area contributed by atoms with Gasteiger partial charge in [0, 0.05) is 6.54 Å². The third kappa shape index (κ3) is 2.31. The van der Waals surface area contributed by atoms with E-state index in [0.717, 1.165) is 5.56 Å². The lowest BCUT2D eigenvalue weighted by Crippen LogP contribution is -2.30. The maximum absolute atomic E-state index is 13.1. The number of benzene rings is 1. The fourth-order valence-corrected chi connectivity index (χ4v) is 4.86. The van der Waals surface area contributed by atoms with Crippen molar-refractivity contribution in [1.29, 1.82) is 0 Å². The van der Waals surface area contributed by atoms with E-state index in [-0.39, 0.29) is 22.0 Å². The molecule has 0 bridgehead atoms. The Morgan fingerprint density at radius 2 is 1.91 bits per heavy atom. The van der Waals surface area contributed by atoms with Crippen molar-refractivity contribution in [1.82, 2.24) is 0 Å². The molecular weight excluding hydrogens is 318 g/mol. The highest BCUT2D eigenvalue weighted by Gasteiger charge is 2.38. The lowest BCUT2D eigenvalue weighted by molar-refractivity contribution is 0.0595. The minimum absolute atomic E-state index is 0.0330. The van der Waals surface area contributed by atoms with Crippen molar-refractivity contribution < 1.29 is 22.4 Å². The molecule has 7 heteroatoms. The van der Waals surface area contributed by atoms with Crippen LogP contribution in [-0.4, -0.2) is 28.0 Å². The Morgan fingerprint density at radius 3 is 2.61 bits per heavy atom. The summed E-state index contributed by atoms with van der Waals surface area (Å²) in [4.78, 5) is 11.9. The van der Waals surface area contributed by atoms with Gasteiger partial charge in [0.25, 0.3) is 10.0 Å². The molecule has 23 heavy (non-hydrogen) atoms. The molecule has 3 rings (SSSR count). The minimum Gasteiger partial charge on any atom is -0.465 e. The van der Waals surface area contributed by atoms with Crippen LogP contribution in [0.4, 0.5) is 5.69 Å². The summed E-state index contributed by atoms with van der Waals surface area (Å²) >= 11 is 0. The highest BCUT2D eigenvalue weighted by molar-refractivity contribution is 7.93. The monoisotopic (exact) mass is 335 g/mol. The van der Waals surface area contributed by atoms with Crippen LogP contribution in [0.5, 0.6) is 0 Å². The standard InChI is InChI=1S/C16H17NO5S/c1-10-14(16(18)21-3)15(11(2)22-10)23(19,20)17-9-8-12-6-4-5-7-13(12)17/h4-7H,8-9H2,1-3H3. The van der Waals surface area contributed by atoms with E-state index in [0.29, 0.717) is 18.7 Å². The summed E-state index contributed by atoms with van der Waals surface area (Å²) in [6, 6.07) is 7.34. The first-order valence-electron chi connectivity index (χ1n) is 7.17. The third-order valence-electron chi connectivity index (χ3n) is 3.99. The van der Waals surface area contributed by atoms with Crippen LogP contribution in [0.1, 0.15) is 27.4 Å². The number of carbonyl (C=O) groups excluding carboxylic acids is 1. The van der Waals surface area contributed by atoms with Crippen molar-refractivity contribution in [3.05, 3.63) is 46.9 Å². The van der Waals surface area contributed by atoms with Crippen LogP contribution >= 0.6 is 0 Å². The fraction of sp³-hybridized carbons (Fsp3) is 0.312. The van der Waals surface area contributed by atoms with Crippen LogP contribution in [0.25, 0.3) is 0 Å². The van der Waals surface area contributed by atoms with E-state index in [1.54, 1.807) is 19.1 Å². The highest BCUT2D eigenvalue weighted by Crippen LogP contribution is 2.36. The van der Waals surface area contributed by atoms with E-state index >= 15 is 0 Å². The van der Waals surface area contributed by atoms with Crippen LogP contribution in [0.2, 0.25) is 0 Å². The summed E-state index contributed by atoms with van der Waals surface area (Å²) in [5.41, 5.74) is 1.57. The molecule has 1 aliphatic heterocycles. The summed E-state index contributed by atoms with van der Waals surface area (Å²) in [5, 5.41) is 0. The van der Waals surface area contributed by atoms with Gasteiger partial charge in [0.1, 0.15) is 22.0 Å². The molecule has 1 aliphatic rings. The van der Waals surface area contributed by atoms with Crippen LogP contribution in [-0.2, 0) is 21.2 Å². The first-order chi connectivity index (χ1) is 10.9. The van der Waals surface area contributed by atoms with Gasteiger partial charge < -0.3 is 9.15 Å². The third-order valence-corrected chi connectivity index (χ3v) is 5.95. The second-order valence-electron chi connectivity index (χ2n) is 5.37. The largest absolute Gasteiger partial charge is 0.465 e. The number of carbonyl (C=O) groups is 1. The summed E-state index contributed by atoms with van der Waals surface area (Å²) < 4.78 is 37.7. The number of anilines is 1. The number of fused-ring (bicyclic) bond motifs is 1. The van der Waals surface area contributed by atoms with Crippen molar-refractivity contribution in [2.75, 3.05) is 18.0 Å². The van der Waals surface area contributed by atoms with E-state index < -0.39 is 16.0 Å². The summed E-state index contributed by atoms with van der Waals surface area (Å²) in [5.74, 6) is -0.293. The first-order valence-corrected chi connectivity index (χ1v) is 8.61. The van der Waals surface area contributed by atoms with Crippen LogP contribution in [0.15, 0.2) is 33.6 Å². The molecular formula is C16H17NO5S. The SMILES string of the molecule is COC(=O)c1c(C)oc(C)c1S(=O)(=O)N1CCc2ccccc21. The Kier molecular flexibility index (Phi) is 3.68. The number of esters is 1. The average Bonchev–Trinajstić information content (AvgIpc) is 3.07. The van der Waals surface area contributed by atoms with E-state index in [9.17, 15) is 13.2 Å². The molecule has 2 heterocycles. The number of aryl methyl sites for hydroxylation is 2. The second-order valence-corrected chi connectivity index (χ2v) is 7.17. The minimum atomic E-state index is -3.91. The molecule has 0 saturated heterocycles. The summed E-state index contributed by atoms with van der Waals surface area (Å²) in [6.07, 6.45) is 0.638. The Hall–Kier alpha value is -2.28. The van der Waals surface area contributed by atoms with Gasteiger partial charge in [-0.1, -0.05) is 18.2 Å². The molecule has 0 saturated carbocycles. The highest BCUT2D eigenvalue weighted by atomic mass is 32.2. The number of rotatable bonds is 3. The van der Waals surface area contributed by atoms with Gasteiger partial charge in [-0.25, -0.2) is 13.2 Å². The molecule has 1 aromatic heterocycles. The van der Waals surface area contributed by atoms with E-state index in [4.69, 9.17) is 9.15 Å². The smallest absolute Gasteiger partial charge is 0.342 e. The fourth-order valence-electron chi connectivity index (χ4n) is 2.98. The van der Waals surface area contributed by atoms with Crippen molar-refractivity contribution in [2.24, 2.45) is 0 Å². The summed E-state index contributed by atoms with van der Waals surface area (Å²) in [7, 11) is -2.70.